The van der Waals surface area contributed by atoms with E-state index >= 15 is 0 Å². The molecule has 14 nitrogen and oxygen atoms in total. The van der Waals surface area contributed by atoms with Gasteiger partial charge in [0.1, 0.15) is 12.6 Å². The van der Waals surface area contributed by atoms with Crippen molar-refractivity contribution in [3.8, 4) is 0 Å². The van der Waals surface area contributed by atoms with Gasteiger partial charge in [0.2, 0.25) is 17.7 Å². The fourth-order valence-corrected chi connectivity index (χ4v) is 4.06. The van der Waals surface area contributed by atoms with Gasteiger partial charge in [0.15, 0.2) is 0 Å². The van der Waals surface area contributed by atoms with Gasteiger partial charge in [-0.15, -0.1) is 5.10 Å². The minimum atomic E-state index is -1.68. The molecule has 0 spiro atoms. The molecular formula is C26H36BN9O5. The van der Waals surface area contributed by atoms with Crippen LogP contribution in [0.3, 0.4) is 0 Å². The molecule has 3 heterocycles. The average molecular weight is 565 g/mol. The summed E-state index contributed by atoms with van der Waals surface area (Å²) in [4.78, 5) is 47.0. The summed E-state index contributed by atoms with van der Waals surface area (Å²) < 4.78 is 1.48. The van der Waals surface area contributed by atoms with Gasteiger partial charge in [-0.2, -0.15) is 0 Å². The van der Waals surface area contributed by atoms with Crippen molar-refractivity contribution in [1.82, 2.24) is 45.8 Å². The number of pyridine rings is 2. The van der Waals surface area contributed by atoms with E-state index in [1.165, 1.54) is 11.6 Å². The molecule has 0 aliphatic carbocycles. The van der Waals surface area contributed by atoms with Crippen molar-refractivity contribution in [2.24, 2.45) is 0 Å². The van der Waals surface area contributed by atoms with E-state index in [2.05, 4.69) is 41.1 Å². The van der Waals surface area contributed by atoms with Gasteiger partial charge in [-0.05, 0) is 43.5 Å². The van der Waals surface area contributed by atoms with Crippen LogP contribution in [0.25, 0.3) is 0 Å². The zero-order valence-corrected chi connectivity index (χ0v) is 23.0. The van der Waals surface area contributed by atoms with Crippen LogP contribution in [0.5, 0.6) is 0 Å². The predicted molar refractivity (Wildman–Crippen MR) is 149 cm³/mol. The Balaban J connectivity index is 1.44. The van der Waals surface area contributed by atoms with E-state index in [1.54, 1.807) is 18.6 Å². The Morgan fingerprint density at radius 2 is 1.61 bits per heavy atom. The first-order valence-electron chi connectivity index (χ1n) is 13.4. The van der Waals surface area contributed by atoms with E-state index < -0.39 is 19.1 Å². The van der Waals surface area contributed by atoms with Crippen LogP contribution in [0.1, 0.15) is 43.3 Å². The lowest BCUT2D eigenvalue weighted by Gasteiger charge is -2.20. The van der Waals surface area contributed by atoms with Crippen LogP contribution in [0.2, 0.25) is 0 Å². The number of aromatic nitrogens is 5. The molecular weight excluding hydrogens is 529 g/mol. The molecule has 5 N–H and O–H groups in total. The standard InChI is InChI=1S/C26H36BN9O5/c1-20(37)32-24(26(39)31-19-27(40)41)10-4-7-13-30-25(38)18-36-17-23(33-34-36)16-35(14-21-8-2-5-11-28-21)15-22-9-3-6-12-29-22/h2-3,5-6,8-9,11-12,17,24,40-41H,4,7,10,13-16,18-19H2,1H3,(H,30,38)(H,31,39)(H,32,37)/t24-/m0/s1. The molecule has 0 bridgehead atoms. The zero-order chi connectivity index (χ0) is 29.5. The molecule has 0 aliphatic heterocycles. The zero-order valence-electron chi connectivity index (χ0n) is 23.0. The van der Waals surface area contributed by atoms with E-state index in [1.807, 2.05) is 36.4 Å². The second-order valence-corrected chi connectivity index (χ2v) is 9.52. The van der Waals surface area contributed by atoms with E-state index in [9.17, 15) is 14.4 Å². The Morgan fingerprint density at radius 3 is 2.20 bits per heavy atom. The van der Waals surface area contributed by atoms with Gasteiger partial charge in [0.05, 0.1) is 29.7 Å². The van der Waals surface area contributed by atoms with Crippen LogP contribution in [0.4, 0.5) is 0 Å². The summed E-state index contributed by atoms with van der Waals surface area (Å²) in [5.41, 5.74) is 2.55. The molecule has 3 aromatic rings. The largest absolute Gasteiger partial charge is 0.472 e. The summed E-state index contributed by atoms with van der Waals surface area (Å²) in [5.74, 6) is -1.10. The SMILES string of the molecule is CC(=O)N[C@@H](CCCCNC(=O)Cn1cc(CN(Cc2ccccn2)Cc2ccccn2)nn1)C(=O)NCB(O)O. The van der Waals surface area contributed by atoms with Crippen molar-refractivity contribution in [1.29, 1.82) is 0 Å². The summed E-state index contributed by atoms with van der Waals surface area (Å²) >= 11 is 0. The lowest BCUT2D eigenvalue weighted by atomic mass is 9.92. The van der Waals surface area contributed by atoms with E-state index in [4.69, 9.17) is 10.0 Å². The van der Waals surface area contributed by atoms with Crippen LogP contribution in [0, 0.1) is 0 Å². The number of unbranched alkanes of at least 4 members (excludes halogenated alkanes) is 1. The maximum atomic E-state index is 12.4. The van der Waals surface area contributed by atoms with Crippen molar-refractivity contribution < 1.29 is 24.4 Å². The average Bonchev–Trinajstić information content (AvgIpc) is 3.38. The number of hydrogen-bond donors (Lipinski definition) is 5. The minimum Gasteiger partial charge on any atom is -0.426 e. The highest BCUT2D eigenvalue weighted by atomic mass is 16.4. The first-order chi connectivity index (χ1) is 19.8. The molecule has 3 amide bonds. The van der Waals surface area contributed by atoms with Gasteiger partial charge >= 0.3 is 7.12 Å². The highest BCUT2D eigenvalue weighted by molar-refractivity contribution is 6.41. The van der Waals surface area contributed by atoms with E-state index in [-0.39, 0.29) is 24.8 Å². The number of nitrogens with zero attached hydrogens (tertiary/aromatic N) is 6. The van der Waals surface area contributed by atoms with Crippen LogP contribution in [-0.2, 0) is 40.6 Å². The van der Waals surface area contributed by atoms with Gasteiger partial charge in [0.25, 0.3) is 0 Å². The molecule has 41 heavy (non-hydrogen) atoms. The monoisotopic (exact) mass is 565 g/mol. The Labute approximate surface area is 238 Å². The van der Waals surface area contributed by atoms with Crippen LogP contribution in [0.15, 0.2) is 55.0 Å². The smallest absolute Gasteiger partial charge is 0.426 e. The third kappa shape index (κ3) is 12.2. The molecule has 0 unspecified atom stereocenters. The Hall–Kier alpha value is -4.21. The fourth-order valence-electron chi connectivity index (χ4n) is 4.06. The van der Waals surface area contributed by atoms with Crippen LogP contribution in [-0.4, -0.2) is 83.8 Å². The molecule has 1 atom stereocenters. The number of carbonyl (C=O) groups is 3. The summed E-state index contributed by atoms with van der Waals surface area (Å²) in [6, 6.07) is 10.8. The summed E-state index contributed by atoms with van der Waals surface area (Å²) in [5, 5.41) is 33.9. The number of carbonyl (C=O) groups excluding carboxylic acids is 3. The van der Waals surface area contributed by atoms with Gasteiger partial charge in [0, 0.05) is 45.5 Å². The lowest BCUT2D eigenvalue weighted by molar-refractivity contribution is -0.128. The number of rotatable bonds is 17. The normalized spacial score (nSPS) is 11.6. The molecule has 0 radical (unpaired) electrons. The minimum absolute atomic E-state index is 0.00783. The molecule has 3 rings (SSSR count). The van der Waals surface area contributed by atoms with Gasteiger partial charge < -0.3 is 26.0 Å². The van der Waals surface area contributed by atoms with Gasteiger partial charge in [-0.3, -0.25) is 29.3 Å². The predicted octanol–water partition coefficient (Wildman–Crippen LogP) is -0.810. The third-order valence-corrected chi connectivity index (χ3v) is 5.90. The fraction of sp³-hybridized carbons (Fsp3) is 0.423. The topological polar surface area (TPSA) is 187 Å². The maximum absolute atomic E-state index is 12.4. The first kappa shape index (κ1) is 31.3. The molecule has 15 heteroatoms. The van der Waals surface area contributed by atoms with Crippen LogP contribution < -0.4 is 16.0 Å². The number of nitrogens with one attached hydrogen (secondary N) is 3. The highest BCUT2D eigenvalue weighted by Gasteiger charge is 2.20. The molecule has 0 fully saturated rings. The summed E-state index contributed by atoms with van der Waals surface area (Å²) in [6.07, 6.45) is 6.39. The van der Waals surface area contributed by atoms with Gasteiger partial charge in [-0.25, -0.2) is 4.68 Å². The molecule has 0 aliphatic rings. The van der Waals surface area contributed by atoms with Crippen molar-refractivity contribution in [2.75, 3.05) is 13.0 Å². The third-order valence-electron chi connectivity index (χ3n) is 5.90. The van der Waals surface area contributed by atoms with Crippen LogP contribution >= 0.6 is 0 Å². The molecule has 0 saturated carbocycles. The second kappa shape index (κ2) is 16.8. The first-order valence-corrected chi connectivity index (χ1v) is 13.4. The summed E-state index contributed by atoms with van der Waals surface area (Å²) in [7, 11) is -1.68. The summed E-state index contributed by atoms with van der Waals surface area (Å²) in [6.45, 7) is 3.38. The Morgan fingerprint density at radius 1 is 0.951 bits per heavy atom. The second-order valence-electron chi connectivity index (χ2n) is 9.52. The van der Waals surface area contributed by atoms with Crippen molar-refractivity contribution in [2.45, 2.75) is 58.4 Å². The van der Waals surface area contributed by atoms with E-state index in [0.29, 0.717) is 51.1 Å². The number of amides is 3. The maximum Gasteiger partial charge on any atom is 0.472 e. The van der Waals surface area contributed by atoms with Gasteiger partial charge in [-0.1, -0.05) is 17.3 Å². The molecule has 218 valence electrons. The molecule has 3 aromatic heterocycles. The molecule has 0 aromatic carbocycles. The lowest BCUT2D eigenvalue weighted by Crippen LogP contribution is -2.48. The Bertz CT molecular complexity index is 1190. The molecule has 0 saturated heterocycles. The highest BCUT2D eigenvalue weighted by Crippen LogP contribution is 2.11. The Kier molecular flexibility index (Phi) is 12.8. The van der Waals surface area contributed by atoms with E-state index in [0.717, 1.165) is 11.4 Å². The van der Waals surface area contributed by atoms with Crippen molar-refractivity contribution in [3.05, 3.63) is 72.1 Å². The number of hydrogen-bond acceptors (Lipinski definition) is 10. The van der Waals surface area contributed by atoms with Crippen molar-refractivity contribution in [3.63, 3.8) is 0 Å². The quantitative estimate of drug-likeness (QED) is 0.102. The van der Waals surface area contributed by atoms with Crippen molar-refractivity contribution >= 4 is 24.8 Å².